The molecule has 6 heteroatoms. The van der Waals surface area contributed by atoms with Gasteiger partial charge in [0.25, 0.3) is 0 Å². The summed E-state index contributed by atoms with van der Waals surface area (Å²) in [5.74, 6) is 2.65. The zero-order valence-corrected chi connectivity index (χ0v) is 15.9. The van der Waals surface area contributed by atoms with Gasteiger partial charge < -0.3 is 9.42 Å². The number of aryl methyl sites for hydroxylation is 1. The minimum Gasteiger partial charge on any atom is -0.346 e. The Balaban J connectivity index is 1.61. The predicted molar refractivity (Wildman–Crippen MR) is 97.3 cm³/mol. The van der Waals surface area contributed by atoms with Crippen molar-refractivity contribution in [1.82, 2.24) is 15.0 Å². The highest BCUT2D eigenvalue weighted by Gasteiger charge is 2.54. The second kappa shape index (κ2) is 6.56. The van der Waals surface area contributed by atoms with Crippen molar-refractivity contribution in [3.05, 3.63) is 22.9 Å². The molecule has 0 N–H and O–H groups in total. The first-order chi connectivity index (χ1) is 12.1. The summed E-state index contributed by atoms with van der Waals surface area (Å²) >= 11 is 1.67. The van der Waals surface area contributed by atoms with E-state index in [9.17, 15) is 4.79 Å². The van der Waals surface area contributed by atoms with Gasteiger partial charge in [0, 0.05) is 18.5 Å². The Morgan fingerprint density at radius 1 is 1.36 bits per heavy atom. The molecule has 2 aromatic heterocycles. The fourth-order valence-corrected chi connectivity index (χ4v) is 5.52. The Morgan fingerprint density at radius 2 is 2.16 bits per heavy atom. The van der Waals surface area contributed by atoms with E-state index in [0.29, 0.717) is 23.6 Å². The van der Waals surface area contributed by atoms with Crippen molar-refractivity contribution < 1.29 is 9.32 Å². The van der Waals surface area contributed by atoms with E-state index in [0.717, 1.165) is 30.7 Å². The number of hydrogen-bond acceptors (Lipinski definition) is 5. The highest BCUT2D eigenvalue weighted by Crippen LogP contribution is 2.57. The normalized spacial score (nSPS) is 27.8. The van der Waals surface area contributed by atoms with Crippen LogP contribution in [0.3, 0.4) is 0 Å². The molecule has 0 aliphatic heterocycles. The lowest BCUT2D eigenvalue weighted by molar-refractivity contribution is -0.136. The topological polar surface area (TPSA) is 59.2 Å². The minimum atomic E-state index is 0.00803. The first kappa shape index (κ1) is 16.8. The summed E-state index contributed by atoms with van der Waals surface area (Å²) in [7, 11) is 1.92. The van der Waals surface area contributed by atoms with E-state index in [1.54, 1.807) is 11.3 Å². The van der Waals surface area contributed by atoms with Crippen LogP contribution in [0.1, 0.15) is 49.3 Å². The molecule has 25 heavy (non-hydrogen) atoms. The van der Waals surface area contributed by atoms with E-state index in [2.05, 4.69) is 25.1 Å². The van der Waals surface area contributed by atoms with E-state index >= 15 is 0 Å². The van der Waals surface area contributed by atoms with Gasteiger partial charge >= 0.3 is 0 Å². The highest BCUT2D eigenvalue weighted by atomic mass is 32.1. The van der Waals surface area contributed by atoms with Crippen LogP contribution in [0.15, 0.2) is 16.7 Å². The molecule has 134 valence electrons. The van der Waals surface area contributed by atoms with Gasteiger partial charge in [-0.2, -0.15) is 4.98 Å². The lowest BCUT2D eigenvalue weighted by atomic mass is 9.78. The molecule has 0 radical (unpaired) electrons. The van der Waals surface area contributed by atoms with E-state index in [-0.39, 0.29) is 17.7 Å². The Labute approximate surface area is 152 Å². The molecule has 0 aromatic carbocycles. The van der Waals surface area contributed by atoms with Crippen LogP contribution in [-0.2, 0) is 4.79 Å². The number of carbonyl (C=O) groups is 1. The van der Waals surface area contributed by atoms with Crippen LogP contribution in [-0.4, -0.2) is 34.5 Å². The van der Waals surface area contributed by atoms with Gasteiger partial charge in [-0.1, -0.05) is 12.1 Å². The second-order valence-corrected chi connectivity index (χ2v) is 8.80. The maximum absolute atomic E-state index is 13.0. The van der Waals surface area contributed by atoms with Crippen molar-refractivity contribution in [2.24, 2.45) is 17.8 Å². The minimum absolute atomic E-state index is 0.00803. The van der Waals surface area contributed by atoms with Crippen molar-refractivity contribution in [3.63, 3.8) is 0 Å². The molecular weight excluding hydrogens is 334 g/mol. The molecule has 4 rings (SSSR count). The largest absolute Gasteiger partial charge is 0.346 e. The zero-order valence-electron chi connectivity index (χ0n) is 15.1. The van der Waals surface area contributed by atoms with Crippen LogP contribution in [0, 0.1) is 24.7 Å². The van der Waals surface area contributed by atoms with E-state index in [4.69, 9.17) is 9.51 Å². The van der Waals surface area contributed by atoms with Crippen molar-refractivity contribution in [3.8, 4) is 10.7 Å². The average Bonchev–Trinajstić information content (AvgIpc) is 3.36. The Kier molecular flexibility index (Phi) is 4.40. The monoisotopic (exact) mass is 359 g/mol. The number of hydrogen-bond donors (Lipinski definition) is 0. The molecule has 4 atom stereocenters. The summed E-state index contributed by atoms with van der Waals surface area (Å²) in [4.78, 5) is 21.9. The highest BCUT2D eigenvalue weighted by molar-refractivity contribution is 7.15. The van der Waals surface area contributed by atoms with Gasteiger partial charge in [0.1, 0.15) is 0 Å². The van der Waals surface area contributed by atoms with Gasteiger partial charge in [0.15, 0.2) is 0 Å². The van der Waals surface area contributed by atoms with Crippen LogP contribution in [0.2, 0.25) is 0 Å². The summed E-state index contributed by atoms with van der Waals surface area (Å²) in [6.07, 6.45) is 4.43. The SMILES string of the molecule is CCCN(C)C(=O)[C@H]1[C@H]2CC[C@H](C2)[C@@H]1c1nc(-c2ccc(C)s2)no1. The average molecular weight is 359 g/mol. The number of amides is 1. The third kappa shape index (κ3) is 2.90. The summed E-state index contributed by atoms with van der Waals surface area (Å²) < 4.78 is 5.66. The van der Waals surface area contributed by atoms with Crippen molar-refractivity contribution in [1.29, 1.82) is 0 Å². The maximum Gasteiger partial charge on any atom is 0.231 e. The standard InChI is InChI=1S/C19H25N3O2S/c1-4-9-22(3)19(23)16-13-7-6-12(10-13)15(16)18-20-17(21-24-18)14-8-5-11(2)25-14/h5,8,12-13,15-16H,4,6-7,9-10H2,1-3H3/t12-,13+,15+,16+/m1/s1. The summed E-state index contributed by atoms with van der Waals surface area (Å²) in [6.45, 7) is 4.99. The summed E-state index contributed by atoms with van der Waals surface area (Å²) in [6, 6.07) is 4.10. The number of nitrogens with zero attached hydrogens (tertiary/aromatic N) is 3. The van der Waals surface area contributed by atoms with Gasteiger partial charge in [-0.3, -0.25) is 4.79 Å². The first-order valence-electron chi connectivity index (χ1n) is 9.24. The third-order valence-electron chi connectivity index (χ3n) is 5.82. The van der Waals surface area contributed by atoms with Gasteiger partial charge in [0.05, 0.1) is 16.7 Å². The van der Waals surface area contributed by atoms with Crippen molar-refractivity contribution >= 4 is 17.2 Å². The van der Waals surface area contributed by atoms with Gasteiger partial charge in [-0.25, -0.2) is 0 Å². The predicted octanol–water partition coefficient (Wildman–Crippen LogP) is 4.10. The van der Waals surface area contributed by atoms with Crippen molar-refractivity contribution in [2.45, 2.75) is 45.4 Å². The molecule has 2 fully saturated rings. The van der Waals surface area contributed by atoms with Crippen LogP contribution >= 0.6 is 11.3 Å². The molecular formula is C19H25N3O2S. The molecule has 2 bridgehead atoms. The number of thiophene rings is 1. The fourth-order valence-electron chi connectivity index (χ4n) is 4.73. The first-order valence-corrected chi connectivity index (χ1v) is 10.1. The van der Waals surface area contributed by atoms with Gasteiger partial charge in [0.2, 0.25) is 17.6 Å². The lowest BCUT2D eigenvalue weighted by Crippen LogP contribution is -2.39. The third-order valence-corrected chi connectivity index (χ3v) is 6.82. The Morgan fingerprint density at radius 3 is 2.88 bits per heavy atom. The van der Waals surface area contributed by atoms with E-state index in [1.165, 1.54) is 11.3 Å². The Bertz CT molecular complexity index is 768. The smallest absolute Gasteiger partial charge is 0.231 e. The second-order valence-electron chi connectivity index (χ2n) is 7.51. The molecule has 0 spiro atoms. The summed E-state index contributed by atoms with van der Waals surface area (Å²) in [5.41, 5.74) is 0. The molecule has 5 nitrogen and oxygen atoms in total. The number of aromatic nitrogens is 2. The maximum atomic E-state index is 13.0. The van der Waals surface area contributed by atoms with Crippen LogP contribution < -0.4 is 0 Å². The van der Waals surface area contributed by atoms with Crippen LogP contribution in [0.25, 0.3) is 10.7 Å². The lowest BCUT2D eigenvalue weighted by Gasteiger charge is -2.31. The van der Waals surface area contributed by atoms with Gasteiger partial charge in [-0.05, 0) is 56.6 Å². The quantitative estimate of drug-likeness (QED) is 0.806. The molecule has 0 unspecified atom stereocenters. The molecule has 2 aliphatic rings. The van der Waals surface area contributed by atoms with E-state index in [1.807, 2.05) is 18.0 Å². The fraction of sp³-hybridized carbons (Fsp3) is 0.632. The van der Waals surface area contributed by atoms with Crippen LogP contribution in [0.5, 0.6) is 0 Å². The summed E-state index contributed by atoms with van der Waals surface area (Å²) in [5, 5.41) is 4.20. The molecule has 2 aromatic rings. The zero-order chi connectivity index (χ0) is 17.6. The molecule has 1 amide bonds. The van der Waals surface area contributed by atoms with Crippen molar-refractivity contribution in [2.75, 3.05) is 13.6 Å². The molecule has 2 aliphatic carbocycles. The number of carbonyl (C=O) groups excluding carboxylic acids is 1. The van der Waals surface area contributed by atoms with E-state index < -0.39 is 0 Å². The molecule has 2 saturated carbocycles. The number of rotatable bonds is 5. The molecule has 2 heterocycles. The number of fused-ring (bicyclic) bond motifs is 2. The van der Waals surface area contributed by atoms with Crippen LogP contribution in [0.4, 0.5) is 0 Å². The van der Waals surface area contributed by atoms with Gasteiger partial charge in [-0.15, -0.1) is 11.3 Å². The Hall–Kier alpha value is -1.69. The molecule has 0 saturated heterocycles.